The number of benzene rings is 2. The molecule has 5 aromatic rings. The van der Waals surface area contributed by atoms with E-state index in [2.05, 4.69) is 15.6 Å². The predicted octanol–water partition coefficient (Wildman–Crippen LogP) is 5.95. The maximum Gasteiger partial charge on any atom is 0.433 e. The number of rotatable bonds is 9. The minimum Gasteiger partial charge on any atom is -0.364 e. The highest BCUT2D eigenvalue weighted by atomic mass is 32.2. The molecule has 330 valence electrons. The van der Waals surface area contributed by atoms with Gasteiger partial charge in [-0.2, -0.15) is 18.3 Å². The lowest BCUT2D eigenvalue weighted by Gasteiger charge is -2.44. The highest BCUT2D eigenvalue weighted by molar-refractivity contribution is 7.91. The zero-order chi connectivity index (χ0) is 44.5. The van der Waals surface area contributed by atoms with Crippen LogP contribution in [0.2, 0.25) is 0 Å². The van der Waals surface area contributed by atoms with Crippen LogP contribution < -0.4 is 21.2 Å². The molecule has 8 rings (SSSR count). The molecule has 0 spiro atoms. The third-order valence-corrected chi connectivity index (χ3v) is 13.5. The van der Waals surface area contributed by atoms with Gasteiger partial charge in [-0.15, -0.1) is 0 Å². The summed E-state index contributed by atoms with van der Waals surface area (Å²) in [5.41, 5.74) is -0.489. The van der Waals surface area contributed by atoms with Crippen LogP contribution in [0.4, 0.5) is 33.3 Å². The van der Waals surface area contributed by atoms with E-state index < -0.39 is 75.3 Å². The van der Waals surface area contributed by atoms with Gasteiger partial charge in [0.05, 0.1) is 61.2 Å². The summed E-state index contributed by atoms with van der Waals surface area (Å²) in [7, 11) is -0.163. The average Bonchev–Trinajstić information content (AvgIpc) is 3.74. The maximum absolute atomic E-state index is 16.2. The molecule has 0 radical (unpaired) electrons. The van der Waals surface area contributed by atoms with Crippen molar-refractivity contribution in [1.82, 2.24) is 34.1 Å². The number of para-hydroxylation sites is 1. The lowest BCUT2D eigenvalue weighted by molar-refractivity contribution is -0.141. The molecular weight excluding hydrogens is 840 g/mol. The first-order valence-corrected chi connectivity index (χ1v) is 22.1. The van der Waals surface area contributed by atoms with Crippen molar-refractivity contribution in [3.05, 3.63) is 76.6 Å². The molecule has 0 bridgehead atoms. The quantitative estimate of drug-likeness (QED) is 0.119. The van der Waals surface area contributed by atoms with Gasteiger partial charge in [-0.05, 0) is 87.9 Å². The van der Waals surface area contributed by atoms with Gasteiger partial charge in [0.1, 0.15) is 17.4 Å². The van der Waals surface area contributed by atoms with Crippen LogP contribution in [0.25, 0.3) is 21.9 Å². The number of pyridine rings is 1. The summed E-state index contributed by atoms with van der Waals surface area (Å²) in [6.45, 7) is 0.193. The molecule has 3 aromatic heterocycles. The number of imide groups is 1. The number of amides is 3. The Labute approximate surface area is 352 Å². The van der Waals surface area contributed by atoms with E-state index in [1.807, 2.05) is 0 Å². The molecule has 3 amide bonds. The number of piperidine rings is 2. The lowest BCUT2D eigenvalue weighted by atomic mass is 9.85. The number of aromatic nitrogens is 5. The highest BCUT2D eigenvalue weighted by Crippen LogP contribution is 2.39. The zero-order valence-electron chi connectivity index (χ0n) is 34.0. The molecule has 5 heterocycles. The second-order valence-electron chi connectivity index (χ2n) is 16.6. The van der Waals surface area contributed by atoms with Crippen molar-refractivity contribution in [3.63, 3.8) is 0 Å². The third kappa shape index (κ3) is 8.18. The second-order valence-corrected chi connectivity index (χ2v) is 18.8. The number of halogens is 5. The molecular formula is C41H45F5N10O5S. The summed E-state index contributed by atoms with van der Waals surface area (Å²) < 4.78 is 97.8. The number of alkyl halides is 5. The molecule has 2 saturated heterocycles. The molecule has 21 heteroatoms. The van der Waals surface area contributed by atoms with E-state index in [1.54, 1.807) is 53.0 Å². The number of nitrogens with zero attached hydrogens (tertiary/aromatic N) is 7. The van der Waals surface area contributed by atoms with Gasteiger partial charge in [0.2, 0.25) is 11.8 Å². The van der Waals surface area contributed by atoms with Crippen molar-refractivity contribution in [3.8, 4) is 0 Å². The number of nitrogens with one attached hydrogen (secondary N) is 3. The zero-order valence-corrected chi connectivity index (χ0v) is 34.9. The van der Waals surface area contributed by atoms with Gasteiger partial charge in [-0.1, -0.05) is 12.1 Å². The van der Waals surface area contributed by atoms with Gasteiger partial charge >= 0.3 is 11.9 Å². The van der Waals surface area contributed by atoms with E-state index in [9.17, 15) is 36.6 Å². The summed E-state index contributed by atoms with van der Waals surface area (Å²) in [6.07, 6.45) is 1.43. The summed E-state index contributed by atoms with van der Waals surface area (Å²) in [4.78, 5) is 57.7. The summed E-state index contributed by atoms with van der Waals surface area (Å²) in [5, 5.41) is 10.0. The smallest absolute Gasteiger partial charge is 0.364 e. The number of imidazole rings is 1. The Bertz CT molecular complexity index is 2780. The highest BCUT2D eigenvalue weighted by Gasteiger charge is 2.47. The Hall–Kier alpha value is -5.70. The normalized spacial score (nSPS) is 23.1. The number of anilines is 2. The van der Waals surface area contributed by atoms with Gasteiger partial charge in [-0.3, -0.25) is 38.4 Å². The first kappa shape index (κ1) is 43.0. The van der Waals surface area contributed by atoms with Gasteiger partial charge in [-0.25, -0.2) is 27.5 Å². The minimum absolute atomic E-state index is 0.00955. The first-order valence-electron chi connectivity index (χ1n) is 20.2. The molecule has 62 heavy (non-hydrogen) atoms. The molecule has 3 atom stereocenters. The molecule has 3 fully saturated rings. The average molecular weight is 885 g/mol. The number of hydrogen-bond acceptors (Lipinski definition) is 10. The SMILES string of the molecule is CN(C[C@H]1CC[C@H](n2cc3cc(NC(=O)c4cccc(C(F)(F)F)n4)c(S(C)(=N)=O)cc3n2)CC1)C1CCN(c2cccc3c2n(C)c(=O)n3C2CCC(=O)NC2=O)CC1(F)F. The number of carbonyl (C=O) groups excluding carboxylic acids is 3. The van der Waals surface area contributed by atoms with Gasteiger partial charge in [0.25, 0.3) is 11.8 Å². The fourth-order valence-electron chi connectivity index (χ4n) is 9.29. The number of hydrogen-bond donors (Lipinski definition) is 3. The topological polar surface area (TPSA) is 180 Å². The number of carbonyl (C=O) groups is 3. The molecule has 1 saturated carbocycles. The van der Waals surface area contributed by atoms with Crippen LogP contribution in [-0.4, -0.2) is 95.6 Å². The fraction of sp³-hybridized carbons (Fsp3) is 0.463. The maximum atomic E-state index is 16.2. The fourth-order valence-corrected chi connectivity index (χ4v) is 10.2. The first-order chi connectivity index (χ1) is 29.2. The molecule has 2 aromatic carbocycles. The predicted molar refractivity (Wildman–Crippen MR) is 220 cm³/mol. The van der Waals surface area contributed by atoms with E-state index >= 15 is 8.78 Å². The molecule has 15 nitrogen and oxygen atoms in total. The number of aryl methyl sites for hydroxylation is 1. The third-order valence-electron chi connectivity index (χ3n) is 12.3. The van der Waals surface area contributed by atoms with Crippen LogP contribution in [0.5, 0.6) is 0 Å². The van der Waals surface area contributed by atoms with Crippen LogP contribution in [0.15, 0.2) is 64.4 Å². The standard InChI is InChI=1S/C41H45F5N10O5S/c1-52(34-16-17-54(22-40(34,42)43)29-7-5-8-30-36(29)53(2)39(60)56(30)31-14-15-35(57)50-38(31)59)20-23-10-12-25(13-11-23)55-21-24-18-28(32(62(3,47)61)19-27(24)51-55)49-37(58)26-6-4-9-33(48-26)41(44,45)46/h4-9,18-19,21,23,25,31,34,47H,10-17,20,22H2,1-3H3,(H,49,58)(H,50,57,59)/t23-,25-,31?,34?,62?. The van der Waals surface area contributed by atoms with Gasteiger partial charge in [0.15, 0.2) is 0 Å². The van der Waals surface area contributed by atoms with Crippen LogP contribution in [-0.2, 0) is 32.5 Å². The van der Waals surface area contributed by atoms with Crippen molar-refractivity contribution in [2.24, 2.45) is 13.0 Å². The summed E-state index contributed by atoms with van der Waals surface area (Å²) >= 11 is 0. The van der Waals surface area contributed by atoms with Crippen LogP contribution in [0, 0.1) is 10.7 Å². The molecule has 1 aliphatic carbocycles. The molecule has 3 unspecified atom stereocenters. The van der Waals surface area contributed by atoms with E-state index in [1.165, 1.54) is 21.3 Å². The van der Waals surface area contributed by atoms with Crippen LogP contribution in [0.3, 0.4) is 0 Å². The Morgan fingerprint density at radius 3 is 2.45 bits per heavy atom. The van der Waals surface area contributed by atoms with E-state index in [-0.39, 0.29) is 41.8 Å². The summed E-state index contributed by atoms with van der Waals surface area (Å²) in [5.74, 6) is -4.92. The van der Waals surface area contributed by atoms with Crippen molar-refractivity contribution >= 4 is 60.8 Å². The lowest BCUT2D eigenvalue weighted by Crippen LogP contribution is -2.58. The minimum atomic E-state index is -4.77. The van der Waals surface area contributed by atoms with Crippen molar-refractivity contribution in [1.29, 1.82) is 4.78 Å². The Balaban J connectivity index is 0.917. The van der Waals surface area contributed by atoms with E-state index in [4.69, 9.17) is 9.88 Å². The van der Waals surface area contributed by atoms with Crippen LogP contribution in [0.1, 0.15) is 73.2 Å². The monoisotopic (exact) mass is 884 g/mol. The van der Waals surface area contributed by atoms with Crippen LogP contribution >= 0.6 is 0 Å². The van der Waals surface area contributed by atoms with Crippen molar-refractivity contribution < 1.29 is 40.5 Å². The van der Waals surface area contributed by atoms with E-state index in [0.717, 1.165) is 37.3 Å². The van der Waals surface area contributed by atoms with E-state index in [0.29, 0.717) is 53.6 Å². The number of fused-ring (bicyclic) bond motifs is 2. The second kappa shape index (κ2) is 15.9. The Morgan fingerprint density at radius 1 is 1.05 bits per heavy atom. The Morgan fingerprint density at radius 2 is 1.77 bits per heavy atom. The van der Waals surface area contributed by atoms with Crippen molar-refractivity contribution in [2.75, 3.05) is 43.2 Å². The Kier molecular flexibility index (Phi) is 11.0. The molecule has 3 N–H and O–H groups in total. The molecule has 3 aliphatic rings. The van der Waals surface area contributed by atoms with Gasteiger partial charge in [0, 0.05) is 44.4 Å². The molecule has 2 aliphatic heterocycles. The largest absolute Gasteiger partial charge is 0.433 e. The summed E-state index contributed by atoms with van der Waals surface area (Å²) in [6, 6.07) is 8.93. The van der Waals surface area contributed by atoms with Gasteiger partial charge < -0.3 is 10.2 Å². The van der Waals surface area contributed by atoms with Crippen molar-refractivity contribution in [2.45, 2.75) is 80.1 Å².